The molecule has 0 bridgehead atoms. The number of carbonyl (C=O) groups excluding carboxylic acids is 1. The highest BCUT2D eigenvalue weighted by Gasteiger charge is 2.35. The molecule has 0 radical (unpaired) electrons. The lowest BCUT2D eigenvalue weighted by Crippen LogP contribution is -2.35. The third-order valence-corrected chi connectivity index (χ3v) is 6.27. The molecular formula is C26H25F2N5O3. The summed E-state index contributed by atoms with van der Waals surface area (Å²) in [7, 11) is 0. The van der Waals surface area contributed by atoms with Gasteiger partial charge < -0.3 is 19.5 Å². The van der Waals surface area contributed by atoms with Crippen molar-refractivity contribution in [2.45, 2.75) is 44.7 Å². The van der Waals surface area contributed by atoms with E-state index in [1.54, 1.807) is 18.7 Å². The summed E-state index contributed by atoms with van der Waals surface area (Å²) in [5.74, 6) is -2.63. The fourth-order valence-electron chi connectivity index (χ4n) is 4.48. The van der Waals surface area contributed by atoms with Crippen molar-refractivity contribution < 1.29 is 22.4 Å². The minimum absolute atomic E-state index is 0.0429. The van der Waals surface area contributed by atoms with Gasteiger partial charge in [-0.15, -0.1) is 10.2 Å². The zero-order valence-corrected chi connectivity index (χ0v) is 19.9. The molecule has 2 unspecified atom stereocenters. The third kappa shape index (κ3) is 4.51. The second-order valence-electron chi connectivity index (χ2n) is 9.30. The minimum Gasteiger partial charge on any atom is -0.446 e. The molecule has 3 heterocycles. The summed E-state index contributed by atoms with van der Waals surface area (Å²) < 4.78 is 40.6. The average Bonchev–Trinajstić information content (AvgIpc) is 3.61. The average molecular weight is 494 g/mol. The van der Waals surface area contributed by atoms with E-state index in [9.17, 15) is 13.6 Å². The number of carbonyl (C=O) groups is 1. The first-order valence-corrected chi connectivity index (χ1v) is 11.6. The highest BCUT2D eigenvalue weighted by Crippen LogP contribution is 2.34. The molecule has 10 heteroatoms. The van der Waals surface area contributed by atoms with E-state index in [1.165, 1.54) is 12.3 Å². The van der Waals surface area contributed by atoms with Gasteiger partial charge in [-0.05, 0) is 50.8 Å². The first-order valence-electron chi connectivity index (χ1n) is 11.6. The van der Waals surface area contributed by atoms with E-state index in [0.717, 1.165) is 18.1 Å². The summed E-state index contributed by atoms with van der Waals surface area (Å²) in [5, 5.41) is 7.90. The number of benzene rings is 2. The van der Waals surface area contributed by atoms with Crippen LogP contribution in [0.4, 0.5) is 8.78 Å². The minimum atomic E-state index is -1.20. The highest BCUT2D eigenvalue weighted by molar-refractivity contribution is 5.95. The maximum absolute atomic E-state index is 14.8. The molecule has 0 spiro atoms. The van der Waals surface area contributed by atoms with Crippen LogP contribution in [-0.2, 0) is 12.0 Å². The molecule has 8 nitrogen and oxygen atoms in total. The Morgan fingerprint density at radius 2 is 2.00 bits per heavy atom. The Kier molecular flexibility index (Phi) is 6.13. The van der Waals surface area contributed by atoms with Crippen LogP contribution in [0.5, 0.6) is 0 Å². The number of hydrogen-bond acceptors (Lipinski definition) is 7. The molecule has 2 atom stereocenters. The number of oxazole rings is 1. The van der Waals surface area contributed by atoms with Crippen LogP contribution in [0.25, 0.3) is 11.5 Å². The van der Waals surface area contributed by atoms with E-state index in [2.05, 4.69) is 15.2 Å². The Labute approximate surface area is 206 Å². The van der Waals surface area contributed by atoms with Crippen molar-refractivity contribution in [1.82, 2.24) is 20.1 Å². The molecule has 36 heavy (non-hydrogen) atoms. The summed E-state index contributed by atoms with van der Waals surface area (Å²) in [6, 6.07) is 11.2. The number of likely N-dealkylation sites (tertiary alicyclic amines) is 1. The number of amides is 1. The number of aromatic nitrogens is 3. The first kappa shape index (κ1) is 23.8. The number of nitrogens with zero attached hydrogens (tertiary/aromatic N) is 4. The Bertz CT molecular complexity index is 1400. The van der Waals surface area contributed by atoms with Gasteiger partial charge in [-0.2, -0.15) is 0 Å². The van der Waals surface area contributed by atoms with Gasteiger partial charge in [0, 0.05) is 12.1 Å². The van der Waals surface area contributed by atoms with Crippen LogP contribution in [0.2, 0.25) is 0 Å². The number of nitrogens with two attached hydrogens (primary N) is 1. The number of rotatable bonds is 6. The predicted molar refractivity (Wildman–Crippen MR) is 126 cm³/mol. The maximum atomic E-state index is 14.8. The molecule has 1 fully saturated rings. The first-order chi connectivity index (χ1) is 17.2. The van der Waals surface area contributed by atoms with Crippen LogP contribution < -0.4 is 5.73 Å². The molecule has 0 saturated carbocycles. The van der Waals surface area contributed by atoms with E-state index in [1.807, 2.05) is 30.3 Å². The fraction of sp³-hybridized carbons (Fsp3) is 0.308. The Morgan fingerprint density at radius 3 is 2.72 bits per heavy atom. The topological polar surface area (TPSA) is 111 Å². The smallest absolute Gasteiger partial charge is 0.254 e. The lowest BCUT2D eigenvalue weighted by molar-refractivity contribution is 0.0715. The van der Waals surface area contributed by atoms with E-state index < -0.39 is 23.1 Å². The largest absolute Gasteiger partial charge is 0.446 e. The standard InChI is InChI=1S/C26H25F2N5O3/c1-15-14-35-23(30-15)20-9-6-10-33(20)24(34)17-11-18(21(28)19(27)12-17)22-31-32-25(36-22)26(2,29)13-16-7-4-3-5-8-16/h3-5,7-8,11-12,14,20H,6,9-10,13,29H2,1-2H3. The molecule has 4 aromatic rings. The summed E-state index contributed by atoms with van der Waals surface area (Å²) >= 11 is 0. The van der Waals surface area contributed by atoms with Crippen molar-refractivity contribution in [2.24, 2.45) is 5.73 Å². The summed E-state index contributed by atoms with van der Waals surface area (Å²) in [5.41, 5.74) is 6.67. The quantitative estimate of drug-likeness (QED) is 0.414. The van der Waals surface area contributed by atoms with Gasteiger partial charge in [0.25, 0.3) is 11.8 Å². The summed E-state index contributed by atoms with van der Waals surface area (Å²) in [4.78, 5) is 19.2. The molecule has 2 aromatic heterocycles. The molecule has 1 saturated heterocycles. The zero-order chi connectivity index (χ0) is 25.4. The van der Waals surface area contributed by atoms with E-state index in [4.69, 9.17) is 14.6 Å². The SMILES string of the molecule is Cc1coc(C2CCCN2C(=O)c2cc(F)c(F)c(-c3nnc(C(C)(N)Cc4ccccc4)o3)c2)n1. The van der Waals surface area contributed by atoms with Crippen LogP contribution in [0, 0.1) is 18.6 Å². The zero-order valence-electron chi connectivity index (χ0n) is 19.9. The van der Waals surface area contributed by atoms with Gasteiger partial charge in [0.15, 0.2) is 11.6 Å². The van der Waals surface area contributed by atoms with Crippen molar-refractivity contribution in [2.75, 3.05) is 6.54 Å². The number of hydrogen-bond donors (Lipinski definition) is 1. The molecule has 2 aromatic carbocycles. The van der Waals surface area contributed by atoms with Crippen molar-refractivity contribution in [3.05, 3.63) is 89.0 Å². The molecule has 2 N–H and O–H groups in total. The molecule has 1 aliphatic rings. The highest BCUT2D eigenvalue weighted by atomic mass is 19.2. The third-order valence-electron chi connectivity index (χ3n) is 6.27. The van der Waals surface area contributed by atoms with E-state index in [0.29, 0.717) is 31.0 Å². The molecule has 186 valence electrons. The van der Waals surface area contributed by atoms with Crippen molar-refractivity contribution in [3.63, 3.8) is 0 Å². The second kappa shape index (κ2) is 9.27. The van der Waals surface area contributed by atoms with Crippen LogP contribution in [-0.4, -0.2) is 32.5 Å². The Morgan fingerprint density at radius 1 is 1.22 bits per heavy atom. The van der Waals surface area contributed by atoms with Crippen molar-refractivity contribution in [3.8, 4) is 11.5 Å². The molecule has 1 aliphatic heterocycles. The van der Waals surface area contributed by atoms with Crippen LogP contribution in [0.3, 0.4) is 0 Å². The van der Waals surface area contributed by atoms with Gasteiger partial charge in [-0.1, -0.05) is 30.3 Å². The normalized spacial score (nSPS) is 17.4. The van der Waals surface area contributed by atoms with Gasteiger partial charge in [0.1, 0.15) is 12.3 Å². The number of halogens is 2. The van der Waals surface area contributed by atoms with E-state index >= 15 is 0 Å². The molecule has 1 amide bonds. The monoisotopic (exact) mass is 493 g/mol. The predicted octanol–water partition coefficient (Wildman–Crippen LogP) is 4.71. The summed E-state index contributed by atoms with van der Waals surface area (Å²) in [6.45, 7) is 3.95. The van der Waals surface area contributed by atoms with Crippen LogP contribution in [0.1, 0.15) is 59.2 Å². The van der Waals surface area contributed by atoms with Gasteiger partial charge in [-0.25, -0.2) is 13.8 Å². The maximum Gasteiger partial charge on any atom is 0.254 e. The van der Waals surface area contributed by atoms with E-state index in [-0.39, 0.29) is 29.0 Å². The van der Waals surface area contributed by atoms with Gasteiger partial charge in [-0.3, -0.25) is 4.79 Å². The Balaban J connectivity index is 1.44. The van der Waals surface area contributed by atoms with Crippen LogP contribution in [0.15, 0.2) is 57.6 Å². The van der Waals surface area contributed by atoms with Gasteiger partial charge >= 0.3 is 0 Å². The van der Waals surface area contributed by atoms with Crippen LogP contribution >= 0.6 is 0 Å². The second-order valence-corrected chi connectivity index (χ2v) is 9.30. The lowest BCUT2D eigenvalue weighted by atomic mass is 9.94. The fourth-order valence-corrected chi connectivity index (χ4v) is 4.48. The lowest BCUT2D eigenvalue weighted by Gasteiger charge is -2.22. The van der Waals surface area contributed by atoms with Crippen molar-refractivity contribution in [1.29, 1.82) is 0 Å². The van der Waals surface area contributed by atoms with Crippen molar-refractivity contribution >= 4 is 5.91 Å². The van der Waals surface area contributed by atoms with Gasteiger partial charge in [0.05, 0.1) is 16.8 Å². The molecular weight excluding hydrogens is 468 g/mol. The number of aryl methyl sites for hydroxylation is 1. The summed E-state index contributed by atoms with van der Waals surface area (Å²) in [6.07, 6.45) is 3.30. The van der Waals surface area contributed by atoms with Gasteiger partial charge in [0.2, 0.25) is 11.8 Å². The molecule has 0 aliphatic carbocycles. The Hall–Kier alpha value is -3.92. The molecule has 5 rings (SSSR count).